The quantitative estimate of drug-likeness (QED) is 0.510. The van der Waals surface area contributed by atoms with Crippen LogP contribution in [0.15, 0.2) is 46.1 Å². The number of aromatic amines is 1. The molecular formula is C20H20N6O4. The summed E-state index contributed by atoms with van der Waals surface area (Å²) in [7, 11) is 0. The molecule has 3 aromatic rings. The molecule has 0 bridgehead atoms. The highest BCUT2D eigenvalue weighted by Crippen LogP contribution is 2.34. The molecule has 154 valence electrons. The van der Waals surface area contributed by atoms with Crippen molar-refractivity contribution in [3.8, 4) is 0 Å². The van der Waals surface area contributed by atoms with Gasteiger partial charge in [0.25, 0.3) is 11.5 Å². The minimum Gasteiger partial charge on any atom is -0.338 e. The van der Waals surface area contributed by atoms with Crippen LogP contribution in [0.2, 0.25) is 0 Å². The van der Waals surface area contributed by atoms with E-state index in [1.807, 2.05) is 6.92 Å². The first-order chi connectivity index (χ1) is 14.5. The summed E-state index contributed by atoms with van der Waals surface area (Å²) in [5.74, 6) is -0.469. The van der Waals surface area contributed by atoms with E-state index >= 15 is 0 Å². The van der Waals surface area contributed by atoms with Gasteiger partial charge in [-0.05, 0) is 44.0 Å². The van der Waals surface area contributed by atoms with E-state index < -0.39 is 17.2 Å². The van der Waals surface area contributed by atoms with Gasteiger partial charge in [0.2, 0.25) is 0 Å². The van der Waals surface area contributed by atoms with Crippen LogP contribution in [0.25, 0.3) is 11.0 Å². The van der Waals surface area contributed by atoms with Crippen LogP contribution in [0.4, 0.5) is 16.2 Å². The molecule has 10 nitrogen and oxygen atoms in total. The predicted molar refractivity (Wildman–Crippen MR) is 112 cm³/mol. The fraction of sp³-hybridized carbons (Fsp3) is 0.250. The maximum Gasteiger partial charge on any atom is 0.330 e. The molecule has 4 N–H and O–H groups in total. The van der Waals surface area contributed by atoms with E-state index in [0.29, 0.717) is 17.9 Å². The molecule has 10 heteroatoms. The SMILES string of the molecule is CCNC(=O)Nc1cccc(NC(=O)c2cnc3c(c2)c(=O)[nH]c(=O)n3C2CC2)c1. The minimum atomic E-state index is -0.581. The first-order valence-electron chi connectivity index (χ1n) is 9.57. The van der Waals surface area contributed by atoms with Crippen molar-refractivity contribution in [1.29, 1.82) is 0 Å². The van der Waals surface area contributed by atoms with Crippen molar-refractivity contribution in [1.82, 2.24) is 19.9 Å². The Morgan fingerprint density at radius 3 is 2.60 bits per heavy atom. The first kappa shape index (κ1) is 19.4. The number of nitrogens with zero attached hydrogens (tertiary/aromatic N) is 2. The van der Waals surface area contributed by atoms with Gasteiger partial charge in [0, 0.05) is 30.2 Å². The zero-order valence-corrected chi connectivity index (χ0v) is 16.2. The number of hydrogen-bond donors (Lipinski definition) is 4. The number of hydrogen-bond acceptors (Lipinski definition) is 5. The summed E-state index contributed by atoms with van der Waals surface area (Å²) in [6, 6.07) is 7.77. The van der Waals surface area contributed by atoms with Crippen molar-refractivity contribution in [2.24, 2.45) is 0 Å². The number of urea groups is 1. The van der Waals surface area contributed by atoms with Gasteiger partial charge < -0.3 is 16.0 Å². The van der Waals surface area contributed by atoms with Crippen LogP contribution in [0.3, 0.4) is 0 Å². The molecule has 3 amide bonds. The van der Waals surface area contributed by atoms with E-state index in [0.717, 1.165) is 12.8 Å². The maximum absolute atomic E-state index is 12.7. The second-order valence-electron chi connectivity index (χ2n) is 6.97. The molecular weight excluding hydrogens is 388 g/mol. The third-order valence-corrected chi connectivity index (χ3v) is 4.67. The summed E-state index contributed by atoms with van der Waals surface area (Å²) in [6.45, 7) is 2.30. The van der Waals surface area contributed by atoms with Gasteiger partial charge in [-0.15, -0.1) is 0 Å². The highest BCUT2D eigenvalue weighted by Gasteiger charge is 2.27. The van der Waals surface area contributed by atoms with Crippen LogP contribution >= 0.6 is 0 Å². The maximum atomic E-state index is 12.7. The summed E-state index contributed by atoms with van der Waals surface area (Å²) in [5, 5.41) is 8.18. The number of carbonyl (C=O) groups is 2. The van der Waals surface area contributed by atoms with E-state index in [9.17, 15) is 19.2 Å². The number of benzene rings is 1. The van der Waals surface area contributed by atoms with E-state index in [2.05, 4.69) is 25.9 Å². The Morgan fingerprint density at radius 1 is 1.17 bits per heavy atom. The van der Waals surface area contributed by atoms with Gasteiger partial charge in [0.1, 0.15) is 5.65 Å². The van der Waals surface area contributed by atoms with Crippen molar-refractivity contribution in [3.63, 3.8) is 0 Å². The Bertz CT molecular complexity index is 1260. The summed E-state index contributed by atoms with van der Waals surface area (Å²) in [5.41, 5.74) is 0.358. The number of fused-ring (bicyclic) bond motifs is 1. The molecule has 0 atom stereocenters. The third-order valence-electron chi connectivity index (χ3n) is 4.67. The van der Waals surface area contributed by atoms with Crippen LogP contribution in [0, 0.1) is 0 Å². The van der Waals surface area contributed by atoms with Crippen LogP contribution in [0.1, 0.15) is 36.2 Å². The van der Waals surface area contributed by atoms with Gasteiger partial charge in [-0.3, -0.25) is 19.1 Å². The lowest BCUT2D eigenvalue weighted by atomic mass is 10.2. The Labute approximate surface area is 170 Å². The van der Waals surface area contributed by atoms with Crippen molar-refractivity contribution < 1.29 is 9.59 Å². The summed E-state index contributed by atoms with van der Waals surface area (Å²) < 4.78 is 1.47. The van der Waals surface area contributed by atoms with Gasteiger partial charge in [0.15, 0.2) is 0 Å². The normalized spacial score (nSPS) is 13.1. The second kappa shape index (κ2) is 7.82. The average molecular weight is 408 g/mol. The molecule has 4 rings (SSSR count). The molecule has 1 aromatic carbocycles. The van der Waals surface area contributed by atoms with Crippen LogP contribution in [-0.2, 0) is 0 Å². The molecule has 2 aromatic heterocycles. The molecule has 1 saturated carbocycles. The van der Waals surface area contributed by atoms with E-state index in [1.165, 1.54) is 16.8 Å². The molecule has 0 unspecified atom stereocenters. The third kappa shape index (κ3) is 3.93. The fourth-order valence-electron chi connectivity index (χ4n) is 3.15. The molecule has 1 aliphatic rings. The second-order valence-corrected chi connectivity index (χ2v) is 6.97. The van der Waals surface area contributed by atoms with Gasteiger partial charge in [0.05, 0.1) is 10.9 Å². The number of pyridine rings is 1. The zero-order valence-electron chi connectivity index (χ0n) is 16.2. The first-order valence-corrected chi connectivity index (χ1v) is 9.57. The number of carbonyl (C=O) groups excluding carboxylic acids is 2. The van der Waals surface area contributed by atoms with Crippen LogP contribution in [0.5, 0.6) is 0 Å². The number of H-pyrrole nitrogens is 1. The minimum absolute atomic E-state index is 0.0316. The van der Waals surface area contributed by atoms with Gasteiger partial charge in [-0.25, -0.2) is 14.6 Å². The summed E-state index contributed by atoms with van der Waals surface area (Å²) in [4.78, 5) is 55.2. The summed E-state index contributed by atoms with van der Waals surface area (Å²) >= 11 is 0. The number of rotatable bonds is 5. The zero-order chi connectivity index (χ0) is 21.3. The highest BCUT2D eigenvalue weighted by molar-refractivity contribution is 6.06. The molecule has 0 aliphatic heterocycles. The van der Waals surface area contributed by atoms with Gasteiger partial charge >= 0.3 is 11.7 Å². The molecule has 1 aliphatic carbocycles. The van der Waals surface area contributed by atoms with E-state index in [4.69, 9.17) is 0 Å². The molecule has 2 heterocycles. The fourth-order valence-corrected chi connectivity index (χ4v) is 3.15. The van der Waals surface area contributed by atoms with Gasteiger partial charge in [-0.2, -0.15) is 0 Å². The van der Waals surface area contributed by atoms with Crippen LogP contribution < -0.4 is 27.2 Å². The van der Waals surface area contributed by atoms with E-state index in [1.54, 1.807) is 24.3 Å². The van der Waals surface area contributed by atoms with Crippen molar-refractivity contribution in [2.45, 2.75) is 25.8 Å². The summed E-state index contributed by atoms with van der Waals surface area (Å²) in [6.07, 6.45) is 3.05. The number of anilines is 2. The largest absolute Gasteiger partial charge is 0.338 e. The topological polar surface area (TPSA) is 138 Å². The van der Waals surface area contributed by atoms with Crippen molar-refractivity contribution in [2.75, 3.05) is 17.2 Å². The lowest BCUT2D eigenvalue weighted by Gasteiger charge is -2.10. The Balaban J connectivity index is 1.59. The molecule has 30 heavy (non-hydrogen) atoms. The number of amides is 3. The monoisotopic (exact) mass is 408 g/mol. The number of nitrogens with one attached hydrogen (secondary N) is 4. The van der Waals surface area contributed by atoms with Gasteiger partial charge in [-0.1, -0.05) is 6.07 Å². The molecule has 0 radical (unpaired) electrons. The van der Waals surface area contributed by atoms with Crippen LogP contribution in [-0.4, -0.2) is 33.0 Å². The van der Waals surface area contributed by atoms with E-state index in [-0.39, 0.29) is 28.7 Å². The predicted octanol–water partition coefficient (Wildman–Crippen LogP) is 1.81. The standard InChI is InChI=1S/C20H20N6O4/c1-2-21-19(29)24-13-5-3-4-12(9-13)23-17(27)11-8-15-16(22-10-11)26(14-6-7-14)20(30)25-18(15)28/h3-5,8-10,14H,2,6-7H2,1H3,(H,23,27)(H2,21,24,29)(H,25,28,30). The molecule has 1 fully saturated rings. The van der Waals surface area contributed by atoms with Crippen molar-refractivity contribution >= 4 is 34.3 Å². The lowest BCUT2D eigenvalue weighted by Crippen LogP contribution is -2.30. The average Bonchev–Trinajstić information content (AvgIpc) is 3.53. The smallest absolute Gasteiger partial charge is 0.330 e. The molecule has 0 spiro atoms. The molecule has 0 saturated heterocycles. The Hall–Kier alpha value is -3.95. The van der Waals surface area contributed by atoms with Crippen molar-refractivity contribution in [3.05, 3.63) is 62.9 Å². The Morgan fingerprint density at radius 2 is 1.90 bits per heavy atom. The lowest BCUT2D eigenvalue weighted by molar-refractivity contribution is 0.102. The highest BCUT2D eigenvalue weighted by atomic mass is 16.2. The Kier molecular flexibility index (Phi) is 5.05. The number of aromatic nitrogens is 3.